The summed E-state index contributed by atoms with van der Waals surface area (Å²) in [7, 11) is 1.58. The van der Waals surface area contributed by atoms with Gasteiger partial charge >= 0.3 is 5.97 Å². The van der Waals surface area contributed by atoms with Gasteiger partial charge in [-0.05, 0) is 38.1 Å². The van der Waals surface area contributed by atoms with Gasteiger partial charge in [-0.15, -0.1) is 0 Å². The smallest absolute Gasteiger partial charge is 0.319 e. The minimum atomic E-state index is -0.371. The molecule has 1 atom stereocenters. The molecule has 1 aromatic carbocycles. The van der Waals surface area contributed by atoms with Crippen LogP contribution in [0.3, 0.4) is 0 Å². The Kier molecular flexibility index (Phi) is 7.39. The monoisotopic (exact) mass is 428 g/mol. The van der Waals surface area contributed by atoms with Gasteiger partial charge in [0, 0.05) is 9.37 Å². The van der Waals surface area contributed by atoms with Gasteiger partial charge in [0.15, 0.2) is 10.9 Å². The highest BCUT2D eigenvalue weighted by atomic mass is 79.9. The summed E-state index contributed by atoms with van der Waals surface area (Å²) in [5.74, 6) is 0.320. The number of nitrogens with zero attached hydrogens (tertiary/aromatic N) is 2. The van der Waals surface area contributed by atoms with Crippen molar-refractivity contribution in [1.29, 1.82) is 0 Å². The van der Waals surface area contributed by atoms with E-state index in [2.05, 4.69) is 25.9 Å². The number of carbonyl (C=O) groups excluding carboxylic acids is 1. The second-order valence-electron chi connectivity index (χ2n) is 4.59. The Morgan fingerprint density at radius 2 is 2.04 bits per heavy atom. The van der Waals surface area contributed by atoms with Gasteiger partial charge in [0.1, 0.15) is 10.3 Å². The van der Waals surface area contributed by atoms with Gasteiger partial charge in [-0.25, -0.2) is 9.97 Å². The van der Waals surface area contributed by atoms with E-state index in [1.165, 1.54) is 23.5 Å². The normalized spacial score (nSPS) is 11.8. The van der Waals surface area contributed by atoms with Crippen molar-refractivity contribution in [2.75, 3.05) is 13.7 Å². The summed E-state index contributed by atoms with van der Waals surface area (Å²) >= 11 is 6.16. The zero-order valence-electron chi connectivity index (χ0n) is 13.5. The van der Waals surface area contributed by atoms with Crippen molar-refractivity contribution in [2.24, 2.45) is 0 Å². The molecule has 1 aromatic heterocycles. The lowest BCUT2D eigenvalue weighted by molar-refractivity contribution is -0.142. The zero-order valence-corrected chi connectivity index (χ0v) is 16.7. The number of hydrogen-bond acceptors (Lipinski definition) is 7. The summed E-state index contributed by atoms with van der Waals surface area (Å²) in [6.07, 6.45) is 1.62. The maximum Gasteiger partial charge on any atom is 0.319 e. The van der Waals surface area contributed by atoms with E-state index in [-0.39, 0.29) is 11.2 Å². The van der Waals surface area contributed by atoms with Crippen LogP contribution in [0.2, 0.25) is 0 Å². The molecule has 0 saturated heterocycles. The summed E-state index contributed by atoms with van der Waals surface area (Å²) in [6, 6.07) is 7.91. The SMILES string of the molecule is CCOC(=O)[C@H](C)Sc1ncc(OC)c(Sc2ccc(Br)cc2)n1. The third-order valence-electron chi connectivity index (χ3n) is 2.85. The molecule has 0 N–H and O–H groups in total. The Morgan fingerprint density at radius 3 is 2.67 bits per heavy atom. The van der Waals surface area contributed by atoms with E-state index in [1.54, 1.807) is 27.2 Å². The van der Waals surface area contributed by atoms with Crippen LogP contribution in [0.25, 0.3) is 0 Å². The number of benzene rings is 1. The molecule has 1 heterocycles. The maximum absolute atomic E-state index is 11.7. The Hall–Kier alpha value is -1.25. The van der Waals surface area contributed by atoms with E-state index >= 15 is 0 Å². The largest absolute Gasteiger partial charge is 0.492 e. The van der Waals surface area contributed by atoms with Gasteiger partial charge in [0.25, 0.3) is 0 Å². The number of halogens is 1. The molecule has 0 fully saturated rings. The van der Waals surface area contributed by atoms with Crippen LogP contribution in [0.4, 0.5) is 0 Å². The van der Waals surface area contributed by atoms with Gasteiger partial charge in [0.2, 0.25) is 0 Å². The number of methoxy groups -OCH3 is 1. The molecule has 5 nitrogen and oxygen atoms in total. The number of rotatable bonds is 7. The van der Waals surface area contributed by atoms with E-state index in [0.717, 1.165) is 9.37 Å². The lowest BCUT2D eigenvalue weighted by Crippen LogP contribution is -2.17. The van der Waals surface area contributed by atoms with Crippen LogP contribution in [0.1, 0.15) is 13.8 Å². The molecule has 2 aromatic rings. The number of esters is 1. The molecule has 0 radical (unpaired) electrons. The highest BCUT2D eigenvalue weighted by Gasteiger charge is 2.18. The fraction of sp³-hybridized carbons (Fsp3) is 0.312. The zero-order chi connectivity index (χ0) is 17.5. The van der Waals surface area contributed by atoms with Crippen molar-refractivity contribution >= 4 is 45.4 Å². The molecule has 0 bridgehead atoms. The van der Waals surface area contributed by atoms with Crippen LogP contribution in [0.15, 0.2) is 50.0 Å². The first-order valence-electron chi connectivity index (χ1n) is 7.21. The van der Waals surface area contributed by atoms with Crippen LogP contribution in [-0.2, 0) is 9.53 Å². The summed E-state index contributed by atoms with van der Waals surface area (Å²) in [4.78, 5) is 21.5. The maximum atomic E-state index is 11.7. The molecule has 0 saturated carbocycles. The van der Waals surface area contributed by atoms with Crippen LogP contribution in [0, 0.1) is 0 Å². The number of ether oxygens (including phenoxy) is 2. The molecule has 0 aliphatic carbocycles. The highest BCUT2D eigenvalue weighted by Crippen LogP contribution is 2.35. The number of hydrogen-bond donors (Lipinski definition) is 0. The fourth-order valence-corrected chi connectivity index (χ4v) is 3.61. The van der Waals surface area contributed by atoms with Crippen LogP contribution < -0.4 is 4.74 Å². The minimum Gasteiger partial charge on any atom is -0.492 e. The van der Waals surface area contributed by atoms with Crippen molar-refractivity contribution < 1.29 is 14.3 Å². The second kappa shape index (κ2) is 9.29. The fourth-order valence-electron chi connectivity index (χ4n) is 1.69. The van der Waals surface area contributed by atoms with Crippen LogP contribution >= 0.6 is 39.5 Å². The molecule has 0 aliphatic rings. The van der Waals surface area contributed by atoms with Crippen molar-refractivity contribution in [1.82, 2.24) is 9.97 Å². The van der Waals surface area contributed by atoms with Gasteiger partial charge in [-0.2, -0.15) is 0 Å². The van der Waals surface area contributed by atoms with Crippen molar-refractivity contribution in [3.63, 3.8) is 0 Å². The number of thioether (sulfide) groups is 1. The van der Waals surface area contributed by atoms with Crippen LogP contribution in [-0.4, -0.2) is 34.9 Å². The third-order valence-corrected chi connectivity index (χ3v) is 5.32. The average Bonchev–Trinajstić information content (AvgIpc) is 2.57. The molecule has 0 unspecified atom stereocenters. The Morgan fingerprint density at radius 1 is 1.33 bits per heavy atom. The van der Waals surface area contributed by atoms with E-state index in [0.29, 0.717) is 22.5 Å². The van der Waals surface area contributed by atoms with Gasteiger partial charge in [-0.1, -0.05) is 39.5 Å². The summed E-state index contributed by atoms with van der Waals surface area (Å²) in [5, 5.41) is 0.841. The standard InChI is InChI=1S/C16H17BrN2O3S2/c1-4-22-15(20)10(2)23-16-18-9-13(21-3)14(19-16)24-12-7-5-11(17)6-8-12/h5-10H,4H2,1-3H3/t10-/m0/s1. The van der Waals surface area contributed by atoms with E-state index in [9.17, 15) is 4.79 Å². The van der Waals surface area contributed by atoms with E-state index in [1.807, 2.05) is 24.3 Å². The molecular formula is C16H17BrN2O3S2. The predicted octanol–water partition coefficient (Wildman–Crippen LogP) is 4.44. The van der Waals surface area contributed by atoms with Crippen LogP contribution in [0.5, 0.6) is 5.75 Å². The summed E-state index contributed by atoms with van der Waals surface area (Å²) in [5.41, 5.74) is 0. The lowest BCUT2D eigenvalue weighted by atomic mass is 10.4. The molecule has 0 spiro atoms. The molecular weight excluding hydrogens is 412 g/mol. The minimum absolute atomic E-state index is 0.274. The molecule has 128 valence electrons. The third kappa shape index (κ3) is 5.39. The average molecular weight is 429 g/mol. The molecule has 24 heavy (non-hydrogen) atoms. The van der Waals surface area contributed by atoms with Gasteiger partial charge < -0.3 is 9.47 Å². The molecule has 8 heteroatoms. The summed E-state index contributed by atoms with van der Waals surface area (Å²) < 4.78 is 11.4. The number of aromatic nitrogens is 2. The van der Waals surface area contributed by atoms with Gasteiger partial charge in [-0.3, -0.25) is 4.79 Å². The Bertz CT molecular complexity index is 698. The Labute approximate surface area is 158 Å². The van der Waals surface area contributed by atoms with E-state index in [4.69, 9.17) is 9.47 Å². The van der Waals surface area contributed by atoms with Crippen molar-refractivity contribution in [3.8, 4) is 5.75 Å². The first-order valence-corrected chi connectivity index (χ1v) is 9.70. The quantitative estimate of drug-likeness (QED) is 0.279. The molecule has 0 amide bonds. The second-order valence-corrected chi connectivity index (χ2v) is 7.88. The van der Waals surface area contributed by atoms with Crippen molar-refractivity contribution in [3.05, 3.63) is 34.9 Å². The number of carbonyl (C=O) groups is 1. The first kappa shape index (κ1) is 19.1. The Balaban J connectivity index is 2.17. The summed E-state index contributed by atoms with van der Waals surface area (Å²) in [6.45, 7) is 3.92. The predicted molar refractivity (Wildman–Crippen MR) is 98.8 cm³/mol. The molecule has 2 rings (SSSR count). The van der Waals surface area contributed by atoms with E-state index < -0.39 is 0 Å². The highest BCUT2D eigenvalue weighted by molar-refractivity contribution is 9.10. The first-order chi connectivity index (χ1) is 11.5. The molecule has 0 aliphatic heterocycles. The van der Waals surface area contributed by atoms with Gasteiger partial charge in [0.05, 0.1) is 19.9 Å². The topological polar surface area (TPSA) is 61.3 Å². The lowest BCUT2D eigenvalue weighted by Gasteiger charge is -2.11. The van der Waals surface area contributed by atoms with Crippen molar-refractivity contribution in [2.45, 2.75) is 34.2 Å².